The summed E-state index contributed by atoms with van der Waals surface area (Å²) in [4.78, 5) is 25.7. The quantitative estimate of drug-likeness (QED) is 0.804. The van der Waals surface area contributed by atoms with Crippen LogP contribution in [-0.4, -0.2) is 73.5 Å². The lowest BCUT2D eigenvalue weighted by atomic mass is 9.95. The molecule has 2 aliphatic rings. The van der Waals surface area contributed by atoms with Gasteiger partial charge in [-0.25, -0.2) is 13.2 Å². The van der Waals surface area contributed by atoms with Gasteiger partial charge in [-0.05, 0) is 31.9 Å². The van der Waals surface area contributed by atoms with Gasteiger partial charge in [0.25, 0.3) is 0 Å². The van der Waals surface area contributed by atoms with Crippen LogP contribution in [0.4, 0.5) is 0 Å². The number of hydrogen-bond acceptors (Lipinski definition) is 5. The largest absolute Gasteiger partial charge is 0.480 e. The van der Waals surface area contributed by atoms with Gasteiger partial charge in [-0.15, -0.1) is 0 Å². The third-order valence-electron chi connectivity index (χ3n) is 5.16. The molecule has 0 aromatic heterocycles. The highest BCUT2D eigenvalue weighted by molar-refractivity contribution is 7.89. The number of aliphatic carboxylic acids is 1. The number of ether oxygens (including phenoxy) is 1. The number of morpholine rings is 1. The molecule has 0 bridgehead atoms. The first-order valence-electron chi connectivity index (χ1n) is 8.98. The molecule has 1 aromatic rings. The predicted molar refractivity (Wildman–Crippen MR) is 96.6 cm³/mol. The lowest BCUT2D eigenvalue weighted by molar-refractivity contribution is -0.160. The SMILES string of the molecule is Cc1ccc(S(=O)(=O)N2CCC(C(=O)N3CCOCC3C(=O)O)CC2)cc1. The van der Waals surface area contributed by atoms with Crippen LogP contribution in [0, 0.1) is 12.8 Å². The number of sulfonamides is 1. The summed E-state index contributed by atoms with van der Waals surface area (Å²) in [5.41, 5.74) is 0.983. The van der Waals surface area contributed by atoms with Crippen molar-refractivity contribution in [1.29, 1.82) is 0 Å². The van der Waals surface area contributed by atoms with Crippen molar-refractivity contribution in [3.8, 4) is 0 Å². The molecule has 1 N–H and O–H groups in total. The Kier molecular flexibility index (Phi) is 5.83. The third kappa shape index (κ3) is 4.15. The smallest absolute Gasteiger partial charge is 0.328 e. The lowest BCUT2D eigenvalue weighted by Gasteiger charge is -2.37. The molecule has 2 saturated heterocycles. The average Bonchev–Trinajstić information content (AvgIpc) is 2.68. The van der Waals surface area contributed by atoms with Gasteiger partial charge in [-0.3, -0.25) is 4.79 Å². The van der Waals surface area contributed by atoms with E-state index in [0.29, 0.717) is 19.4 Å². The summed E-state index contributed by atoms with van der Waals surface area (Å²) >= 11 is 0. The summed E-state index contributed by atoms with van der Waals surface area (Å²) in [7, 11) is -3.58. The lowest BCUT2D eigenvalue weighted by Crippen LogP contribution is -2.55. The fraction of sp³-hybridized carbons (Fsp3) is 0.556. The minimum atomic E-state index is -3.58. The van der Waals surface area contributed by atoms with Gasteiger partial charge < -0.3 is 14.7 Å². The summed E-state index contributed by atoms with van der Waals surface area (Å²) < 4.78 is 32.1. The number of hydrogen-bond donors (Lipinski definition) is 1. The number of carbonyl (C=O) groups is 2. The van der Waals surface area contributed by atoms with Gasteiger partial charge in [-0.1, -0.05) is 17.7 Å². The maximum Gasteiger partial charge on any atom is 0.328 e. The van der Waals surface area contributed by atoms with Gasteiger partial charge in [0, 0.05) is 25.6 Å². The van der Waals surface area contributed by atoms with Crippen molar-refractivity contribution >= 4 is 21.9 Å². The molecule has 0 saturated carbocycles. The monoisotopic (exact) mass is 396 g/mol. The number of benzene rings is 1. The second-order valence-electron chi connectivity index (χ2n) is 6.95. The number of amides is 1. The van der Waals surface area contributed by atoms with Gasteiger partial charge in [0.1, 0.15) is 0 Å². The van der Waals surface area contributed by atoms with E-state index in [1.807, 2.05) is 6.92 Å². The number of carboxylic acids is 1. The van der Waals surface area contributed by atoms with Gasteiger partial charge >= 0.3 is 5.97 Å². The van der Waals surface area contributed by atoms with Crippen LogP contribution in [-0.2, 0) is 24.3 Å². The summed E-state index contributed by atoms with van der Waals surface area (Å²) in [6.45, 7) is 2.93. The van der Waals surface area contributed by atoms with Gasteiger partial charge in [0.2, 0.25) is 15.9 Å². The van der Waals surface area contributed by atoms with Crippen LogP contribution in [0.25, 0.3) is 0 Å². The molecule has 148 valence electrons. The van der Waals surface area contributed by atoms with Crippen molar-refractivity contribution in [2.75, 3.05) is 32.8 Å². The molecule has 1 amide bonds. The minimum Gasteiger partial charge on any atom is -0.480 e. The zero-order chi connectivity index (χ0) is 19.6. The summed E-state index contributed by atoms with van der Waals surface area (Å²) in [5.74, 6) is -1.67. The van der Waals surface area contributed by atoms with Crippen LogP contribution >= 0.6 is 0 Å². The van der Waals surface area contributed by atoms with E-state index in [2.05, 4.69) is 0 Å². The topological polar surface area (TPSA) is 104 Å². The molecule has 1 atom stereocenters. The summed E-state index contributed by atoms with van der Waals surface area (Å²) in [6, 6.07) is 5.72. The van der Waals surface area contributed by atoms with Crippen molar-refractivity contribution in [2.24, 2.45) is 5.92 Å². The van der Waals surface area contributed by atoms with E-state index >= 15 is 0 Å². The first-order chi connectivity index (χ1) is 12.8. The Hall–Kier alpha value is -1.97. The molecule has 9 heteroatoms. The molecule has 0 radical (unpaired) electrons. The van der Waals surface area contributed by atoms with E-state index in [4.69, 9.17) is 4.74 Å². The number of carboxylic acid groups (broad SMARTS) is 1. The van der Waals surface area contributed by atoms with Gasteiger partial charge in [0.15, 0.2) is 6.04 Å². The molecule has 3 rings (SSSR count). The maximum atomic E-state index is 12.8. The second-order valence-corrected chi connectivity index (χ2v) is 8.89. The highest BCUT2D eigenvalue weighted by Crippen LogP contribution is 2.26. The van der Waals surface area contributed by atoms with E-state index in [9.17, 15) is 23.1 Å². The Balaban J connectivity index is 1.65. The maximum absolute atomic E-state index is 12.8. The molecular weight excluding hydrogens is 372 g/mol. The second kappa shape index (κ2) is 7.95. The number of nitrogens with zero attached hydrogens (tertiary/aromatic N) is 2. The highest BCUT2D eigenvalue weighted by atomic mass is 32.2. The number of rotatable bonds is 4. The number of piperidine rings is 1. The van der Waals surface area contributed by atoms with E-state index in [1.54, 1.807) is 24.3 Å². The van der Waals surface area contributed by atoms with Crippen molar-refractivity contribution < 1.29 is 27.9 Å². The van der Waals surface area contributed by atoms with E-state index in [0.717, 1.165) is 5.56 Å². The van der Waals surface area contributed by atoms with Crippen LogP contribution in [0.5, 0.6) is 0 Å². The Labute approximate surface area is 158 Å². The molecule has 0 spiro atoms. The van der Waals surface area contributed by atoms with E-state index < -0.39 is 22.0 Å². The highest BCUT2D eigenvalue weighted by Gasteiger charge is 2.38. The standard InChI is InChI=1S/C18H24N2O6S/c1-13-2-4-15(5-3-13)27(24,25)19-8-6-14(7-9-19)17(21)20-10-11-26-12-16(20)18(22)23/h2-5,14,16H,6-12H2,1H3,(H,22,23). The molecule has 1 unspecified atom stereocenters. The summed E-state index contributed by atoms with van der Waals surface area (Å²) in [6.07, 6.45) is 0.765. The number of carbonyl (C=O) groups excluding carboxylic acids is 1. The van der Waals surface area contributed by atoms with E-state index in [-0.39, 0.29) is 43.0 Å². The zero-order valence-electron chi connectivity index (χ0n) is 15.2. The molecule has 2 heterocycles. The number of aryl methyl sites for hydroxylation is 1. The fourth-order valence-corrected chi connectivity index (χ4v) is 4.98. The van der Waals surface area contributed by atoms with Crippen molar-refractivity contribution in [2.45, 2.75) is 30.7 Å². The Morgan fingerprint density at radius 2 is 1.74 bits per heavy atom. The molecule has 8 nitrogen and oxygen atoms in total. The minimum absolute atomic E-state index is 0.0122. The van der Waals surface area contributed by atoms with Gasteiger partial charge in [-0.2, -0.15) is 4.31 Å². The van der Waals surface area contributed by atoms with Crippen LogP contribution in [0.15, 0.2) is 29.2 Å². The predicted octanol–water partition coefficient (Wildman–Crippen LogP) is 0.708. The van der Waals surface area contributed by atoms with Crippen LogP contribution in [0.3, 0.4) is 0 Å². The summed E-state index contributed by atoms with van der Waals surface area (Å²) in [5, 5.41) is 9.29. The van der Waals surface area contributed by atoms with Crippen LogP contribution < -0.4 is 0 Å². The molecule has 0 aliphatic carbocycles. The van der Waals surface area contributed by atoms with Gasteiger partial charge in [0.05, 0.1) is 18.1 Å². The van der Waals surface area contributed by atoms with Crippen molar-refractivity contribution in [1.82, 2.24) is 9.21 Å². The normalized spacial score (nSPS) is 22.6. The molecule has 2 fully saturated rings. The molecule has 2 aliphatic heterocycles. The third-order valence-corrected chi connectivity index (χ3v) is 7.07. The first kappa shape index (κ1) is 19.8. The van der Waals surface area contributed by atoms with Crippen molar-refractivity contribution in [3.05, 3.63) is 29.8 Å². The Morgan fingerprint density at radius 1 is 1.11 bits per heavy atom. The van der Waals surface area contributed by atoms with Crippen molar-refractivity contribution in [3.63, 3.8) is 0 Å². The molecular formula is C18H24N2O6S. The van der Waals surface area contributed by atoms with E-state index in [1.165, 1.54) is 9.21 Å². The first-order valence-corrected chi connectivity index (χ1v) is 10.4. The fourth-order valence-electron chi connectivity index (χ4n) is 3.51. The zero-order valence-corrected chi connectivity index (χ0v) is 16.0. The van der Waals surface area contributed by atoms with Crippen LogP contribution in [0.2, 0.25) is 0 Å². The molecule has 1 aromatic carbocycles. The average molecular weight is 396 g/mol. The Morgan fingerprint density at radius 3 is 2.33 bits per heavy atom. The Bertz CT molecular complexity index is 800. The van der Waals surface area contributed by atoms with Crippen LogP contribution in [0.1, 0.15) is 18.4 Å². The molecule has 27 heavy (non-hydrogen) atoms.